The fourth-order valence-electron chi connectivity index (χ4n) is 3.32. The van der Waals surface area contributed by atoms with Gasteiger partial charge in [0.2, 0.25) is 0 Å². The molecule has 22 heavy (non-hydrogen) atoms. The molecule has 5 heteroatoms. The molecule has 2 aromatic heterocycles. The third kappa shape index (κ3) is 2.31. The van der Waals surface area contributed by atoms with Gasteiger partial charge in [-0.15, -0.1) is 0 Å². The molecule has 0 fully saturated rings. The zero-order valence-electron chi connectivity index (χ0n) is 12.6. The summed E-state index contributed by atoms with van der Waals surface area (Å²) in [6, 6.07) is 5.00. The Bertz CT molecular complexity index is 817. The van der Waals surface area contributed by atoms with Crippen LogP contribution in [-0.4, -0.2) is 32.5 Å². The first kappa shape index (κ1) is 13.5. The van der Waals surface area contributed by atoms with Crippen molar-refractivity contribution in [3.63, 3.8) is 0 Å². The molecule has 0 radical (unpaired) electrons. The molecule has 0 unspecified atom stereocenters. The van der Waals surface area contributed by atoms with Crippen molar-refractivity contribution in [3.8, 4) is 0 Å². The highest BCUT2D eigenvalue weighted by Gasteiger charge is 2.20. The average molecular weight is 298 g/mol. The van der Waals surface area contributed by atoms with Crippen molar-refractivity contribution in [1.29, 1.82) is 0 Å². The first-order valence-electron chi connectivity index (χ1n) is 7.70. The van der Waals surface area contributed by atoms with Crippen LogP contribution in [0.3, 0.4) is 0 Å². The van der Waals surface area contributed by atoms with E-state index in [0.29, 0.717) is 0 Å². The number of hydrogen-bond donors (Lipinski definition) is 1. The Labute approximate surface area is 128 Å². The van der Waals surface area contributed by atoms with Gasteiger partial charge in [0.1, 0.15) is 11.6 Å². The zero-order chi connectivity index (χ0) is 15.1. The molecule has 0 amide bonds. The van der Waals surface area contributed by atoms with E-state index in [1.54, 1.807) is 6.07 Å². The second kappa shape index (κ2) is 5.25. The van der Waals surface area contributed by atoms with E-state index in [4.69, 9.17) is 0 Å². The molecule has 4 rings (SSSR count). The van der Waals surface area contributed by atoms with Crippen LogP contribution in [0.1, 0.15) is 17.1 Å². The van der Waals surface area contributed by atoms with Gasteiger partial charge in [0.15, 0.2) is 0 Å². The first-order chi connectivity index (χ1) is 10.7. The Kier molecular flexibility index (Phi) is 3.22. The Morgan fingerprint density at radius 1 is 1.32 bits per heavy atom. The number of fused-ring (bicyclic) bond motifs is 3. The summed E-state index contributed by atoms with van der Waals surface area (Å²) < 4.78 is 15.7. The second-order valence-corrected chi connectivity index (χ2v) is 5.97. The Balaban J connectivity index is 1.54. The standard InChI is InChI=1S/C17H19FN4/c1-12-19-5-7-22(12)9-8-21-6-4-17-15(11-21)14-10-13(18)2-3-16(14)20-17/h2-3,5,7,10,20H,4,6,8-9,11H2,1H3. The smallest absolute Gasteiger partial charge is 0.123 e. The second-order valence-electron chi connectivity index (χ2n) is 5.97. The highest BCUT2D eigenvalue weighted by atomic mass is 19.1. The summed E-state index contributed by atoms with van der Waals surface area (Å²) in [7, 11) is 0. The number of hydrogen-bond acceptors (Lipinski definition) is 2. The third-order valence-electron chi connectivity index (χ3n) is 4.60. The van der Waals surface area contributed by atoms with Gasteiger partial charge in [-0.1, -0.05) is 0 Å². The summed E-state index contributed by atoms with van der Waals surface area (Å²) in [6.07, 6.45) is 4.85. The lowest BCUT2D eigenvalue weighted by Crippen LogP contribution is -2.33. The van der Waals surface area contributed by atoms with Gasteiger partial charge in [-0.2, -0.15) is 0 Å². The molecule has 3 heterocycles. The Morgan fingerprint density at radius 2 is 2.23 bits per heavy atom. The van der Waals surface area contributed by atoms with Gasteiger partial charge >= 0.3 is 0 Å². The molecule has 0 atom stereocenters. The maximum atomic E-state index is 13.5. The van der Waals surface area contributed by atoms with Crippen molar-refractivity contribution >= 4 is 10.9 Å². The molecule has 1 N–H and O–H groups in total. The number of aromatic nitrogens is 3. The van der Waals surface area contributed by atoms with E-state index < -0.39 is 0 Å². The van der Waals surface area contributed by atoms with Crippen LogP contribution in [0.2, 0.25) is 0 Å². The molecule has 1 aromatic carbocycles. The molecule has 0 aliphatic carbocycles. The van der Waals surface area contributed by atoms with E-state index >= 15 is 0 Å². The molecule has 0 saturated carbocycles. The zero-order valence-corrected chi connectivity index (χ0v) is 12.6. The normalized spacial score (nSPS) is 15.4. The lowest BCUT2D eigenvalue weighted by atomic mass is 10.0. The SMILES string of the molecule is Cc1nccn1CCN1CCc2[nH]c3ccc(F)cc3c2C1. The van der Waals surface area contributed by atoms with Crippen LogP contribution >= 0.6 is 0 Å². The minimum atomic E-state index is -0.166. The molecule has 114 valence electrons. The van der Waals surface area contributed by atoms with E-state index in [1.165, 1.54) is 17.3 Å². The molecule has 1 aliphatic rings. The van der Waals surface area contributed by atoms with Crippen molar-refractivity contribution in [2.75, 3.05) is 13.1 Å². The minimum Gasteiger partial charge on any atom is -0.358 e. The van der Waals surface area contributed by atoms with Gasteiger partial charge in [0.05, 0.1) is 0 Å². The van der Waals surface area contributed by atoms with E-state index in [9.17, 15) is 4.39 Å². The Hall–Kier alpha value is -2.14. The Morgan fingerprint density at radius 3 is 3.05 bits per heavy atom. The molecule has 0 bridgehead atoms. The lowest BCUT2D eigenvalue weighted by Gasteiger charge is -2.27. The highest BCUT2D eigenvalue weighted by molar-refractivity contribution is 5.84. The maximum absolute atomic E-state index is 13.5. The van der Waals surface area contributed by atoms with Crippen LogP contribution in [0.15, 0.2) is 30.6 Å². The van der Waals surface area contributed by atoms with Crippen LogP contribution < -0.4 is 0 Å². The van der Waals surface area contributed by atoms with Gasteiger partial charge < -0.3 is 9.55 Å². The number of aryl methyl sites for hydroxylation is 1. The number of imidazole rings is 1. The van der Waals surface area contributed by atoms with Crippen molar-refractivity contribution in [1.82, 2.24) is 19.4 Å². The van der Waals surface area contributed by atoms with Gasteiger partial charge in [0, 0.05) is 61.6 Å². The van der Waals surface area contributed by atoms with Crippen LogP contribution in [0.4, 0.5) is 4.39 Å². The summed E-state index contributed by atoms with van der Waals surface area (Å²) in [5, 5.41) is 1.03. The van der Waals surface area contributed by atoms with Gasteiger partial charge in [0.25, 0.3) is 0 Å². The number of aromatic amines is 1. The summed E-state index contributed by atoms with van der Waals surface area (Å²) in [4.78, 5) is 10.1. The van der Waals surface area contributed by atoms with Crippen LogP contribution in [0.5, 0.6) is 0 Å². The fraction of sp³-hybridized carbons (Fsp3) is 0.353. The summed E-state index contributed by atoms with van der Waals surface area (Å²) in [5.41, 5.74) is 3.55. The van der Waals surface area contributed by atoms with Crippen molar-refractivity contribution in [2.24, 2.45) is 0 Å². The summed E-state index contributed by atoms with van der Waals surface area (Å²) >= 11 is 0. The maximum Gasteiger partial charge on any atom is 0.123 e. The average Bonchev–Trinajstić information content (AvgIpc) is 3.08. The van der Waals surface area contributed by atoms with Gasteiger partial charge in [-0.05, 0) is 30.7 Å². The van der Waals surface area contributed by atoms with E-state index in [-0.39, 0.29) is 5.82 Å². The first-order valence-corrected chi connectivity index (χ1v) is 7.70. The number of nitrogens with one attached hydrogen (secondary N) is 1. The number of rotatable bonds is 3. The molecule has 1 aliphatic heterocycles. The van der Waals surface area contributed by atoms with E-state index in [2.05, 4.69) is 19.4 Å². The third-order valence-corrected chi connectivity index (χ3v) is 4.60. The van der Waals surface area contributed by atoms with Crippen LogP contribution in [-0.2, 0) is 19.5 Å². The number of halogens is 1. The summed E-state index contributed by atoms with van der Waals surface area (Å²) in [6.45, 7) is 5.87. The predicted octanol–water partition coefficient (Wildman–Crippen LogP) is 2.87. The van der Waals surface area contributed by atoms with Crippen molar-refractivity contribution in [2.45, 2.75) is 26.4 Å². The summed E-state index contributed by atoms with van der Waals surface area (Å²) in [5.74, 6) is 0.882. The number of H-pyrrole nitrogens is 1. The van der Waals surface area contributed by atoms with Crippen molar-refractivity contribution < 1.29 is 4.39 Å². The van der Waals surface area contributed by atoms with E-state index in [0.717, 1.165) is 49.3 Å². The topological polar surface area (TPSA) is 36.9 Å². The van der Waals surface area contributed by atoms with Crippen LogP contribution in [0.25, 0.3) is 10.9 Å². The van der Waals surface area contributed by atoms with Crippen LogP contribution in [0, 0.1) is 12.7 Å². The number of benzene rings is 1. The molecule has 0 saturated heterocycles. The lowest BCUT2D eigenvalue weighted by molar-refractivity contribution is 0.243. The molecule has 3 aromatic rings. The quantitative estimate of drug-likeness (QED) is 0.807. The van der Waals surface area contributed by atoms with E-state index in [1.807, 2.05) is 25.4 Å². The fourth-order valence-corrected chi connectivity index (χ4v) is 3.32. The van der Waals surface area contributed by atoms with Crippen molar-refractivity contribution in [3.05, 3.63) is 53.5 Å². The number of nitrogens with zero attached hydrogens (tertiary/aromatic N) is 3. The predicted molar refractivity (Wildman–Crippen MR) is 84.2 cm³/mol. The molecule has 4 nitrogen and oxygen atoms in total. The van der Waals surface area contributed by atoms with Gasteiger partial charge in [-0.3, -0.25) is 4.90 Å². The monoisotopic (exact) mass is 298 g/mol. The largest absolute Gasteiger partial charge is 0.358 e. The molecular weight excluding hydrogens is 279 g/mol. The highest BCUT2D eigenvalue weighted by Crippen LogP contribution is 2.28. The minimum absolute atomic E-state index is 0.166. The van der Waals surface area contributed by atoms with Gasteiger partial charge in [-0.25, -0.2) is 9.37 Å². The molecule has 0 spiro atoms. The molecular formula is C17H19FN4.